The van der Waals surface area contributed by atoms with Crippen LogP contribution < -0.4 is 16.9 Å². The summed E-state index contributed by atoms with van der Waals surface area (Å²) in [7, 11) is 0. The molecule has 0 saturated carbocycles. The third-order valence-electron chi connectivity index (χ3n) is 1.78. The first-order valence-electron chi connectivity index (χ1n) is 4.38. The molecule has 6 heteroatoms. The lowest BCUT2D eigenvalue weighted by molar-refractivity contribution is 0.214. The van der Waals surface area contributed by atoms with Gasteiger partial charge in [-0.05, 0) is 12.1 Å². The van der Waals surface area contributed by atoms with E-state index in [1.165, 1.54) is 0 Å². The minimum Gasteiger partial charge on any atom is -0.397 e. The molecule has 0 radical (unpaired) electrons. The summed E-state index contributed by atoms with van der Waals surface area (Å²) in [5, 5.41) is 17.1. The molecule has 0 spiro atoms. The third-order valence-corrected chi connectivity index (χ3v) is 1.78. The van der Waals surface area contributed by atoms with Gasteiger partial charge in [-0.15, -0.1) is 0 Å². The summed E-state index contributed by atoms with van der Waals surface area (Å²) in [5.74, 6) is -0.0260. The summed E-state index contributed by atoms with van der Waals surface area (Å²) in [6, 6.07) is 8.64. The van der Waals surface area contributed by atoms with Crippen LogP contribution in [0.5, 0.6) is 0 Å². The lowest BCUT2D eigenvalue weighted by atomic mass is 10.2. The van der Waals surface area contributed by atoms with Crippen LogP contribution in [0, 0.1) is 11.3 Å². The highest BCUT2D eigenvalue weighted by molar-refractivity contribution is 6.02. The monoisotopic (exact) mass is 217 g/mol. The van der Waals surface area contributed by atoms with Gasteiger partial charge in [0.05, 0.1) is 11.4 Å². The van der Waals surface area contributed by atoms with Crippen molar-refractivity contribution in [2.24, 2.45) is 10.7 Å². The standard InChI is InChI=1S/C10H11N5O/c11-5-7(6-14-16)10(13)15-9-4-2-1-3-8(9)12/h1-4,6,14,16H,12H2,(H2,13,15)/b7-6+. The van der Waals surface area contributed by atoms with Crippen molar-refractivity contribution in [3.63, 3.8) is 0 Å². The van der Waals surface area contributed by atoms with Gasteiger partial charge in [-0.3, -0.25) is 10.7 Å². The van der Waals surface area contributed by atoms with E-state index in [1.54, 1.807) is 35.8 Å². The Bertz CT molecular complexity index is 472. The highest BCUT2D eigenvalue weighted by Crippen LogP contribution is 2.20. The van der Waals surface area contributed by atoms with Gasteiger partial charge in [-0.1, -0.05) is 12.1 Å². The molecule has 82 valence electrons. The molecule has 0 bridgehead atoms. The van der Waals surface area contributed by atoms with Crippen LogP contribution >= 0.6 is 0 Å². The van der Waals surface area contributed by atoms with Gasteiger partial charge in [0, 0.05) is 6.20 Å². The van der Waals surface area contributed by atoms with Crippen LogP contribution in [0.1, 0.15) is 0 Å². The molecule has 0 saturated heterocycles. The fraction of sp³-hybridized carbons (Fsp3) is 0. The second-order valence-corrected chi connectivity index (χ2v) is 2.85. The molecular formula is C10H11N5O. The molecular weight excluding hydrogens is 206 g/mol. The number of nitriles is 1. The Labute approximate surface area is 92.5 Å². The highest BCUT2D eigenvalue weighted by atomic mass is 16.5. The molecule has 0 fully saturated rings. The van der Waals surface area contributed by atoms with Crippen molar-refractivity contribution in [3.05, 3.63) is 36.0 Å². The minimum absolute atomic E-state index is 0.0192. The van der Waals surface area contributed by atoms with Gasteiger partial charge < -0.3 is 11.5 Å². The Morgan fingerprint density at radius 3 is 2.75 bits per heavy atom. The van der Waals surface area contributed by atoms with Gasteiger partial charge >= 0.3 is 0 Å². The number of nitrogens with one attached hydrogen (secondary N) is 1. The van der Waals surface area contributed by atoms with Gasteiger partial charge in [0.1, 0.15) is 17.5 Å². The third kappa shape index (κ3) is 2.73. The van der Waals surface area contributed by atoms with Crippen LogP contribution in [0.2, 0.25) is 0 Å². The maximum atomic E-state index is 8.71. The number of nitrogens with two attached hydrogens (primary N) is 2. The van der Waals surface area contributed by atoms with Gasteiger partial charge in [0.2, 0.25) is 0 Å². The fourth-order valence-corrected chi connectivity index (χ4v) is 1.01. The number of anilines is 1. The van der Waals surface area contributed by atoms with Crippen LogP contribution in [0.15, 0.2) is 41.0 Å². The van der Waals surface area contributed by atoms with E-state index in [1.807, 2.05) is 0 Å². The van der Waals surface area contributed by atoms with Crippen molar-refractivity contribution < 1.29 is 5.21 Å². The van der Waals surface area contributed by atoms with Crippen LogP contribution in [-0.4, -0.2) is 11.0 Å². The first-order chi connectivity index (χ1) is 7.69. The molecule has 0 amide bonds. The molecule has 0 unspecified atom stereocenters. The average Bonchev–Trinajstić information content (AvgIpc) is 2.29. The molecule has 16 heavy (non-hydrogen) atoms. The van der Waals surface area contributed by atoms with Gasteiger partial charge in [0.15, 0.2) is 0 Å². The van der Waals surface area contributed by atoms with Gasteiger partial charge in [-0.2, -0.15) is 5.26 Å². The summed E-state index contributed by atoms with van der Waals surface area (Å²) in [4.78, 5) is 3.98. The topological polar surface area (TPSA) is 120 Å². The smallest absolute Gasteiger partial charge is 0.143 e. The van der Waals surface area contributed by atoms with Crippen molar-refractivity contribution in [3.8, 4) is 6.07 Å². The number of hydrogen-bond donors (Lipinski definition) is 4. The van der Waals surface area contributed by atoms with Crippen LogP contribution in [0.4, 0.5) is 11.4 Å². The molecule has 0 atom stereocenters. The summed E-state index contributed by atoms with van der Waals surface area (Å²) >= 11 is 0. The van der Waals surface area contributed by atoms with Crippen molar-refractivity contribution in [1.82, 2.24) is 5.48 Å². The molecule has 6 nitrogen and oxygen atoms in total. The zero-order valence-corrected chi connectivity index (χ0v) is 8.38. The number of para-hydroxylation sites is 2. The maximum absolute atomic E-state index is 8.71. The fourth-order valence-electron chi connectivity index (χ4n) is 1.01. The molecule has 6 N–H and O–H groups in total. The zero-order valence-electron chi connectivity index (χ0n) is 8.38. The van der Waals surface area contributed by atoms with E-state index in [2.05, 4.69) is 4.99 Å². The van der Waals surface area contributed by atoms with Gasteiger partial charge in [0.25, 0.3) is 0 Å². The number of aliphatic imine (C=N–C) groups is 1. The van der Waals surface area contributed by atoms with Crippen molar-refractivity contribution >= 4 is 17.2 Å². The predicted molar refractivity (Wildman–Crippen MR) is 60.8 cm³/mol. The molecule has 0 aromatic heterocycles. The summed E-state index contributed by atoms with van der Waals surface area (Å²) in [5.41, 5.74) is 13.9. The number of hydrogen-bond acceptors (Lipinski definition) is 5. The van der Waals surface area contributed by atoms with E-state index in [-0.39, 0.29) is 11.4 Å². The summed E-state index contributed by atoms with van der Waals surface area (Å²) in [6.07, 6.45) is 1.04. The molecule has 0 heterocycles. The van der Waals surface area contributed by atoms with E-state index in [0.29, 0.717) is 11.4 Å². The quantitative estimate of drug-likeness (QED) is 0.195. The van der Waals surface area contributed by atoms with Crippen LogP contribution in [0.25, 0.3) is 0 Å². The van der Waals surface area contributed by atoms with E-state index >= 15 is 0 Å². The minimum atomic E-state index is -0.0260. The number of nitrogens with zero attached hydrogens (tertiary/aromatic N) is 2. The number of hydroxylamine groups is 1. The van der Waals surface area contributed by atoms with Crippen LogP contribution in [-0.2, 0) is 0 Å². The molecule has 0 aliphatic heterocycles. The van der Waals surface area contributed by atoms with E-state index < -0.39 is 0 Å². The molecule has 1 aromatic rings. The van der Waals surface area contributed by atoms with E-state index in [4.69, 9.17) is 21.9 Å². The van der Waals surface area contributed by atoms with Crippen LogP contribution in [0.3, 0.4) is 0 Å². The summed E-state index contributed by atoms with van der Waals surface area (Å²) in [6.45, 7) is 0. The van der Waals surface area contributed by atoms with Crippen molar-refractivity contribution in [2.45, 2.75) is 0 Å². The largest absolute Gasteiger partial charge is 0.397 e. The predicted octanol–water partition coefficient (Wildman–Crippen LogP) is 0.644. The number of amidine groups is 1. The molecule has 1 aromatic carbocycles. The Hall–Kier alpha value is -2.52. The van der Waals surface area contributed by atoms with Crippen molar-refractivity contribution in [1.29, 1.82) is 5.26 Å². The normalized spacial score (nSPS) is 12.0. The second kappa shape index (κ2) is 5.38. The first kappa shape index (κ1) is 11.6. The van der Waals surface area contributed by atoms with Gasteiger partial charge in [-0.25, -0.2) is 4.99 Å². The maximum Gasteiger partial charge on any atom is 0.143 e. The number of benzene rings is 1. The average molecular weight is 217 g/mol. The van der Waals surface area contributed by atoms with E-state index in [9.17, 15) is 0 Å². The Kier molecular flexibility index (Phi) is 3.89. The zero-order chi connectivity index (χ0) is 12.0. The second-order valence-electron chi connectivity index (χ2n) is 2.85. The number of nitrogen functional groups attached to an aromatic ring is 1. The number of rotatable bonds is 3. The summed E-state index contributed by atoms with van der Waals surface area (Å²) < 4.78 is 0. The lowest BCUT2D eigenvalue weighted by Crippen LogP contribution is -2.15. The van der Waals surface area contributed by atoms with E-state index in [0.717, 1.165) is 6.20 Å². The van der Waals surface area contributed by atoms with Crippen molar-refractivity contribution in [2.75, 3.05) is 5.73 Å². The first-order valence-corrected chi connectivity index (χ1v) is 4.38. The SMILES string of the molecule is N#C/C(=C\NO)C(N)=Nc1ccccc1N. The highest BCUT2D eigenvalue weighted by Gasteiger charge is 2.03. The Balaban J connectivity index is 3.07. The molecule has 0 aliphatic carbocycles. The molecule has 0 aliphatic rings. The molecule has 1 rings (SSSR count). The Morgan fingerprint density at radius 2 is 2.19 bits per heavy atom. The lowest BCUT2D eigenvalue weighted by Gasteiger charge is -2.01. The Morgan fingerprint density at radius 1 is 1.50 bits per heavy atom.